The average Bonchev–Trinajstić information content (AvgIpc) is 2.84. The molecule has 2 rings (SSSR count). The summed E-state index contributed by atoms with van der Waals surface area (Å²) in [5.41, 5.74) is -0.167. The number of hydrogen-bond donors (Lipinski definition) is 2. The quantitative estimate of drug-likeness (QED) is 0.130. The number of alkyl halides is 3. The van der Waals surface area contributed by atoms with Crippen molar-refractivity contribution in [2.75, 3.05) is 18.5 Å². The van der Waals surface area contributed by atoms with Crippen molar-refractivity contribution < 1.29 is 57.3 Å². The molecule has 0 aliphatic carbocycles. The normalized spacial score (nSPS) is 22.0. The van der Waals surface area contributed by atoms with Gasteiger partial charge in [0.2, 0.25) is 10.1 Å². The summed E-state index contributed by atoms with van der Waals surface area (Å²) in [6.07, 6.45) is -8.70. The van der Waals surface area contributed by atoms with Crippen LogP contribution in [0.4, 0.5) is 21.0 Å². The molecule has 19 heteroatoms. The van der Waals surface area contributed by atoms with Gasteiger partial charge in [0.25, 0.3) is 5.69 Å². The number of carbonyl (C=O) groups is 5. The number of nitrogens with zero attached hydrogens (tertiary/aromatic N) is 1. The van der Waals surface area contributed by atoms with Gasteiger partial charge >= 0.3 is 30.1 Å². The number of rotatable bonds is 9. The molecule has 1 aliphatic rings. The number of hydrogen-bond acceptors (Lipinski definition) is 13. The Hall–Kier alpha value is -3.60. The third-order valence-electron chi connectivity index (χ3n) is 4.90. The lowest BCUT2D eigenvalue weighted by molar-refractivity contribution is -0.384. The summed E-state index contributed by atoms with van der Waals surface area (Å²) in [5, 5.41) is 15.4. The number of benzene rings is 1. The molecule has 2 amide bonds. The van der Waals surface area contributed by atoms with Crippen LogP contribution in [-0.4, -0.2) is 82.7 Å². The molecule has 0 spiro atoms. The fourth-order valence-corrected chi connectivity index (χ4v) is 3.56. The Morgan fingerprint density at radius 1 is 0.902 bits per heavy atom. The zero-order valence-electron chi connectivity index (χ0n) is 21.5. The van der Waals surface area contributed by atoms with E-state index in [4.69, 9.17) is 63.2 Å². The monoisotopic (exact) mass is 643 g/mol. The lowest BCUT2D eigenvalue weighted by atomic mass is 9.96. The number of carbonyl (C=O) groups excluding carboxylic acids is 5. The van der Waals surface area contributed by atoms with Crippen LogP contribution >= 0.6 is 34.8 Å². The van der Waals surface area contributed by atoms with Gasteiger partial charge in [-0.25, -0.2) is 9.59 Å². The molecule has 1 aliphatic heterocycles. The van der Waals surface area contributed by atoms with Crippen molar-refractivity contribution in [1.29, 1.82) is 0 Å². The first-order valence-corrected chi connectivity index (χ1v) is 12.5. The van der Waals surface area contributed by atoms with Gasteiger partial charge < -0.3 is 33.7 Å². The van der Waals surface area contributed by atoms with Gasteiger partial charge in [-0.1, -0.05) is 34.8 Å². The number of nitro groups is 1. The van der Waals surface area contributed by atoms with E-state index in [1.54, 1.807) is 0 Å². The van der Waals surface area contributed by atoms with Crippen molar-refractivity contribution in [3.8, 4) is 0 Å². The predicted octanol–water partition coefficient (Wildman–Crippen LogP) is 2.76. The van der Waals surface area contributed by atoms with Gasteiger partial charge in [-0.3, -0.25) is 29.8 Å². The molecule has 0 unspecified atom stereocenters. The number of alkyl carbamates (subject to hydrolysis) is 1. The lowest BCUT2D eigenvalue weighted by Crippen LogP contribution is -2.67. The zero-order chi connectivity index (χ0) is 30.9. The van der Waals surface area contributed by atoms with Crippen LogP contribution in [0.2, 0.25) is 0 Å². The molecule has 226 valence electrons. The van der Waals surface area contributed by atoms with Crippen molar-refractivity contribution in [2.45, 2.75) is 55.2 Å². The van der Waals surface area contributed by atoms with Gasteiger partial charge in [-0.15, -0.1) is 0 Å². The molecule has 41 heavy (non-hydrogen) atoms. The number of ether oxygens (including phenoxy) is 6. The van der Waals surface area contributed by atoms with Crippen molar-refractivity contribution in [3.05, 3.63) is 34.4 Å². The number of nitrogens with one attached hydrogen (secondary N) is 2. The van der Waals surface area contributed by atoms with E-state index < -0.39 is 82.7 Å². The van der Waals surface area contributed by atoms with Crippen molar-refractivity contribution in [3.63, 3.8) is 0 Å². The molecule has 5 atom stereocenters. The van der Waals surface area contributed by atoms with Crippen LogP contribution in [0.1, 0.15) is 20.8 Å². The first-order chi connectivity index (χ1) is 19.1. The fraction of sp³-hybridized carbons (Fsp3) is 0.500. The molecule has 1 fully saturated rings. The standard InChI is InChI=1S/C22H24Cl3N3O13/c1-10(29)36-8-15-17(38-11(2)30)18(39-12(3)31)16(27-20(32)37-9-22(23,24)25)19(40-15)41-21(33)26-13-4-6-14(7-5-13)28(34)35/h4-7,15-19H,8-9H2,1-3H3,(H,26,33)(H,27,32)/t15-,16-,17-,18-,19+/m1/s1. The highest BCUT2D eigenvalue weighted by Gasteiger charge is 2.53. The molecule has 0 radical (unpaired) electrons. The highest BCUT2D eigenvalue weighted by atomic mass is 35.6. The summed E-state index contributed by atoms with van der Waals surface area (Å²) in [4.78, 5) is 70.8. The maximum absolute atomic E-state index is 12.7. The van der Waals surface area contributed by atoms with Crippen LogP contribution < -0.4 is 10.6 Å². The van der Waals surface area contributed by atoms with Crippen molar-refractivity contribution in [2.24, 2.45) is 0 Å². The third-order valence-corrected chi connectivity index (χ3v) is 5.23. The van der Waals surface area contributed by atoms with Crippen LogP contribution in [0.15, 0.2) is 24.3 Å². The number of non-ortho nitro benzene ring substituents is 1. The summed E-state index contributed by atoms with van der Waals surface area (Å²) in [6.45, 7) is 1.86. The number of nitro benzene ring substituents is 1. The van der Waals surface area contributed by atoms with Gasteiger partial charge in [-0.05, 0) is 12.1 Å². The Balaban J connectivity index is 2.40. The second-order valence-electron chi connectivity index (χ2n) is 8.19. The summed E-state index contributed by atoms with van der Waals surface area (Å²) in [7, 11) is 0. The van der Waals surface area contributed by atoms with Gasteiger partial charge in [0, 0.05) is 38.6 Å². The Morgan fingerprint density at radius 2 is 1.49 bits per heavy atom. The topological polar surface area (TPSA) is 208 Å². The number of amides is 2. The highest BCUT2D eigenvalue weighted by molar-refractivity contribution is 6.67. The molecular formula is C22H24Cl3N3O13. The van der Waals surface area contributed by atoms with E-state index in [-0.39, 0.29) is 11.4 Å². The summed E-state index contributed by atoms with van der Waals surface area (Å²) in [5.74, 6) is -2.52. The SMILES string of the molecule is CC(=O)OC[C@H]1O[C@@H](OC(=O)Nc2ccc([N+](=O)[O-])cc2)[C@H](NC(=O)OCC(Cl)(Cl)Cl)[C@@H](OC(C)=O)[C@@H]1OC(C)=O. The second-order valence-corrected chi connectivity index (χ2v) is 10.7. The maximum Gasteiger partial charge on any atom is 0.414 e. The molecule has 1 aromatic rings. The molecular weight excluding hydrogens is 621 g/mol. The van der Waals surface area contributed by atoms with Crippen molar-refractivity contribution >= 4 is 76.3 Å². The van der Waals surface area contributed by atoms with Crippen molar-refractivity contribution in [1.82, 2.24) is 5.32 Å². The van der Waals surface area contributed by atoms with E-state index in [0.717, 1.165) is 32.9 Å². The number of esters is 3. The predicted molar refractivity (Wildman–Crippen MR) is 138 cm³/mol. The van der Waals surface area contributed by atoms with Gasteiger partial charge in [0.1, 0.15) is 25.4 Å². The van der Waals surface area contributed by atoms with E-state index in [1.807, 2.05) is 0 Å². The Labute approximate surface area is 246 Å². The molecule has 0 aromatic heterocycles. The van der Waals surface area contributed by atoms with E-state index in [2.05, 4.69) is 10.6 Å². The van der Waals surface area contributed by atoms with E-state index in [1.165, 1.54) is 12.1 Å². The molecule has 2 N–H and O–H groups in total. The van der Waals surface area contributed by atoms with Crippen LogP contribution in [0.25, 0.3) is 0 Å². The molecule has 16 nitrogen and oxygen atoms in total. The van der Waals surface area contributed by atoms with Crippen LogP contribution in [0.3, 0.4) is 0 Å². The third kappa shape index (κ3) is 11.4. The van der Waals surface area contributed by atoms with E-state index >= 15 is 0 Å². The van der Waals surface area contributed by atoms with Gasteiger partial charge in [0.05, 0.1) is 4.92 Å². The molecule has 1 saturated heterocycles. The fourth-order valence-electron chi connectivity index (χ4n) is 3.40. The zero-order valence-corrected chi connectivity index (χ0v) is 23.8. The molecule has 0 saturated carbocycles. The number of anilines is 1. The highest BCUT2D eigenvalue weighted by Crippen LogP contribution is 2.29. The summed E-state index contributed by atoms with van der Waals surface area (Å²) < 4.78 is 29.4. The minimum atomic E-state index is -1.99. The Kier molecular flexibility index (Phi) is 12.2. The summed E-state index contributed by atoms with van der Waals surface area (Å²) >= 11 is 16.8. The largest absolute Gasteiger partial charge is 0.463 e. The van der Waals surface area contributed by atoms with Gasteiger partial charge in [0.15, 0.2) is 12.2 Å². The summed E-state index contributed by atoms with van der Waals surface area (Å²) in [6, 6.07) is 3.06. The minimum absolute atomic E-state index is 0.0776. The smallest absolute Gasteiger partial charge is 0.414 e. The second kappa shape index (κ2) is 14.9. The van der Waals surface area contributed by atoms with Crippen LogP contribution in [0, 0.1) is 10.1 Å². The first-order valence-electron chi connectivity index (χ1n) is 11.4. The molecule has 1 heterocycles. The minimum Gasteiger partial charge on any atom is -0.463 e. The molecule has 0 bridgehead atoms. The molecule has 1 aromatic carbocycles. The lowest BCUT2D eigenvalue weighted by Gasteiger charge is -2.44. The van der Waals surface area contributed by atoms with Crippen LogP contribution in [-0.2, 0) is 42.8 Å². The first kappa shape index (κ1) is 33.6. The Bertz CT molecular complexity index is 1150. The average molecular weight is 645 g/mol. The maximum atomic E-state index is 12.7. The van der Waals surface area contributed by atoms with Crippen LogP contribution in [0.5, 0.6) is 0 Å². The Morgan fingerprint density at radius 3 is 2.00 bits per heavy atom. The van der Waals surface area contributed by atoms with Gasteiger partial charge in [-0.2, -0.15) is 0 Å². The van der Waals surface area contributed by atoms with E-state index in [0.29, 0.717) is 0 Å². The van der Waals surface area contributed by atoms with E-state index in [9.17, 15) is 34.1 Å². The number of halogens is 3.